The maximum atomic E-state index is 5.87. The van der Waals surface area contributed by atoms with E-state index < -0.39 is 0 Å². The van der Waals surface area contributed by atoms with Gasteiger partial charge in [0.05, 0.1) is 34.2 Å². The van der Waals surface area contributed by atoms with E-state index in [0.717, 1.165) is 73.4 Å². The summed E-state index contributed by atoms with van der Waals surface area (Å²) >= 11 is 0. The zero-order valence-electron chi connectivity index (χ0n) is 17.7. The van der Waals surface area contributed by atoms with Crippen molar-refractivity contribution in [3.8, 4) is 11.4 Å². The Morgan fingerprint density at radius 3 is 1.80 bits per heavy atom. The van der Waals surface area contributed by atoms with Gasteiger partial charge in [0.1, 0.15) is 0 Å². The molecule has 0 unspecified atom stereocenters. The molecule has 7 heteroatoms. The molecule has 0 aromatic carbocycles. The molecule has 4 heterocycles. The van der Waals surface area contributed by atoms with E-state index in [-0.39, 0.29) is 0 Å². The highest BCUT2D eigenvalue weighted by molar-refractivity contribution is 5.54. The fourth-order valence-electron chi connectivity index (χ4n) is 3.71. The Morgan fingerprint density at radius 1 is 0.767 bits per heavy atom. The molecule has 0 fully saturated rings. The van der Waals surface area contributed by atoms with E-state index in [1.54, 1.807) is 5.01 Å². The fourth-order valence-corrected chi connectivity index (χ4v) is 3.71. The molecule has 0 saturated heterocycles. The first-order chi connectivity index (χ1) is 14.5. The van der Waals surface area contributed by atoms with Crippen molar-refractivity contribution in [2.75, 3.05) is 27.2 Å². The van der Waals surface area contributed by atoms with Crippen LogP contribution in [0.1, 0.15) is 22.8 Å². The van der Waals surface area contributed by atoms with Gasteiger partial charge in [0, 0.05) is 46.3 Å². The van der Waals surface area contributed by atoms with Gasteiger partial charge in [-0.3, -0.25) is 20.6 Å². The number of pyridine rings is 3. The molecule has 3 aromatic heterocycles. The number of rotatable bonds is 3. The van der Waals surface area contributed by atoms with E-state index in [1.807, 2.05) is 19.2 Å². The summed E-state index contributed by atoms with van der Waals surface area (Å²) in [6.07, 6.45) is 0. The van der Waals surface area contributed by atoms with E-state index in [1.165, 1.54) is 0 Å². The minimum absolute atomic E-state index is 0.729. The van der Waals surface area contributed by atoms with E-state index in [0.29, 0.717) is 0 Å². The van der Waals surface area contributed by atoms with E-state index in [9.17, 15) is 0 Å². The van der Waals surface area contributed by atoms with E-state index >= 15 is 0 Å². The molecule has 0 atom stereocenters. The van der Waals surface area contributed by atoms with Crippen LogP contribution in [-0.2, 0) is 26.2 Å². The Morgan fingerprint density at radius 2 is 1.23 bits per heavy atom. The van der Waals surface area contributed by atoms with Gasteiger partial charge in [-0.25, -0.2) is 15.0 Å². The molecule has 30 heavy (non-hydrogen) atoms. The van der Waals surface area contributed by atoms with Crippen LogP contribution in [0, 0.1) is 0 Å². The fraction of sp³-hybridized carbons (Fsp3) is 0.348. The molecule has 2 N–H and O–H groups in total. The highest BCUT2D eigenvalue weighted by Crippen LogP contribution is 2.18. The van der Waals surface area contributed by atoms with Gasteiger partial charge in [-0.15, -0.1) is 0 Å². The van der Waals surface area contributed by atoms with Gasteiger partial charge in [-0.1, -0.05) is 18.2 Å². The van der Waals surface area contributed by atoms with Gasteiger partial charge in [-0.2, -0.15) is 0 Å². The summed E-state index contributed by atoms with van der Waals surface area (Å²) in [5.41, 5.74) is 5.98. The van der Waals surface area contributed by atoms with Crippen LogP contribution in [0.4, 0.5) is 0 Å². The topological polar surface area (TPSA) is 74.4 Å². The van der Waals surface area contributed by atoms with Crippen molar-refractivity contribution in [3.63, 3.8) is 0 Å². The Kier molecular flexibility index (Phi) is 6.44. The van der Waals surface area contributed by atoms with Crippen LogP contribution in [0.3, 0.4) is 0 Å². The Labute approximate surface area is 178 Å². The van der Waals surface area contributed by atoms with Crippen molar-refractivity contribution in [2.24, 2.45) is 5.84 Å². The third-order valence-corrected chi connectivity index (χ3v) is 5.14. The van der Waals surface area contributed by atoms with Crippen LogP contribution in [0.15, 0.2) is 54.6 Å². The first kappa shape index (κ1) is 20.6. The van der Waals surface area contributed by atoms with Crippen LogP contribution in [-0.4, -0.2) is 56.9 Å². The number of fused-ring (bicyclic) bond motifs is 7. The van der Waals surface area contributed by atoms with Crippen molar-refractivity contribution in [3.05, 3.63) is 77.4 Å². The van der Waals surface area contributed by atoms with Crippen LogP contribution in [0.25, 0.3) is 11.4 Å². The second kappa shape index (κ2) is 9.40. The zero-order valence-corrected chi connectivity index (χ0v) is 17.7. The lowest BCUT2D eigenvalue weighted by Gasteiger charge is -2.24. The normalized spacial score (nSPS) is 15.6. The lowest BCUT2D eigenvalue weighted by atomic mass is 10.2. The predicted molar refractivity (Wildman–Crippen MR) is 118 cm³/mol. The summed E-state index contributed by atoms with van der Waals surface area (Å²) in [4.78, 5) is 19.2. The molecule has 7 nitrogen and oxygen atoms in total. The van der Waals surface area contributed by atoms with Crippen molar-refractivity contribution >= 4 is 0 Å². The smallest absolute Gasteiger partial charge is 0.0890 e. The second-order valence-corrected chi connectivity index (χ2v) is 8.01. The number of nitrogens with zero attached hydrogens (tertiary/aromatic N) is 6. The van der Waals surface area contributed by atoms with Crippen LogP contribution in [0.5, 0.6) is 0 Å². The van der Waals surface area contributed by atoms with Gasteiger partial charge in [0.25, 0.3) is 0 Å². The quantitative estimate of drug-likeness (QED) is 0.531. The van der Waals surface area contributed by atoms with Gasteiger partial charge < -0.3 is 0 Å². The number of nitrogens with two attached hydrogens (primary N) is 1. The molecule has 3 aromatic rings. The van der Waals surface area contributed by atoms with E-state index in [2.05, 4.69) is 59.3 Å². The van der Waals surface area contributed by atoms with Gasteiger partial charge in [0.15, 0.2) is 0 Å². The molecule has 4 rings (SSSR count). The molecular formula is C23H29N7. The highest BCUT2D eigenvalue weighted by Gasteiger charge is 2.13. The van der Waals surface area contributed by atoms with Gasteiger partial charge in [0.2, 0.25) is 0 Å². The molecule has 0 radical (unpaired) electrons. The van der Waals surface area contributed by atoms with Crippen molar-refractivity contribution in [2.45, 2.75) is 26.2 Å². The minimum atomic E-state index is 0.729. The summed E-state index contributed by atoms with van der Waals surface area (Å²) in [7, 11) is 3.99. The maximum Gasteiger partial charge on any atom is 0.0890 e. The summed E-state index contributed by atoms with van der Waals surface area (Å²) in [6.45, 7) is 4.62. The standard InChI is InChI=1S/C23H29N7/c1-28-14-18-6-3-7-20(25-18)16-30(13-12-29(2)24)17-21-9-5-11-23(27-21)22-10-4-8-19(15-28)26-22/h3-11H,12-17,24H2,1-2H3. The lowest BCUT2D eigenvalue weighted by molar-refractivity contribution is 0.209. The number of hydrogen-bond acceptors (Lipinski definition) is 7. The predicted octanol–water partition coefficient (Wildman–Crippen LogP) is 2.29. The Bertz CT molecular complexity index is 989. The number of hydrogen-bond donors (Lipinski definition) is 1. The average molecular weight is 404 g/mol. The van der Waals surface area contributed by atoms with Gasteiger partial charge in [-0.05, 0) is 43.4 Å². The van der Waals surface area contributed by atoms with E-state index in [4.69, 9.17) is 20.8 Å². The summed E-state index contributed by atoms with van der Waals surface area (Å²) in [6, 6.07) is 18.6. The number of hydrazine groups is 1. The number of likely N-dealkylation sites (N-methyl/N-ethyl adjacent to an activating group) is 1. The van der Waals surface area contributed by atoms with Crippen molar-refractivity contribution in [1.82, 2.24) is 29.8 Å². The van der Waals surface area contributed by atoms with Crippen molar-refractivity contribution in [1.29, 1.82) is 0 Å². The third-order valence-electron chi connectivity index (χ3n) is 5.14. The minimum Gasteiger partial charge on any atom is -0.295 e. The highest BCUT2D eigenvalue weighted by atomic mass is 15.4. The molecule has 0 amide bonds. The molecule has 156 valence electrons. The molecule has 0 aliphatic carbocycles. The average Bonchev–Trinajstić information content (AvgIpc) is 2.72. The van der Waals surface area contributed by atoms with Crippen LogP contribution in [0.2, 0.25) is 0 Å². The largest absolute Gasteiger partial charge is 0.295 e. The third kappa shape index (κ3) is 5.46. The molecule has 0 spiro atoms. The van der Waals surface area contributed by atoms with Crippen LogP contribution < -0.4 is 5.84 Å². The van der Waals surface area contributed by atoms with Crippen LogP contribution >= 0.6 is 0 Å². The summed E-state index contributed by atoms with van der Waals surface area (Å²) in [5, 5.41) is 1.72. The first-order valence-corrected chi connectivity index (χ1v) is 10.3. The first-order valence-electron chi connectivity index (χ1n) is 10.3. The molecule has 0 saturated carbocycles. The second-order valence-electron chi connectivity index (χ2n) is 8.01. The zero-order chi connectivity index (χ0) is 20.9. The summed E-state index contributed by atoms with van der Waals surface area (Å²) < 4.78 is 0. The molecular weight excluding hydrogens is 374 g/mol. The Balaban J connectivity index is 1.72. The molecule has 1 aliphatic heterocycles. The monoisotopic (exact) mass is 403 g/mol. The Hall–Kier alpha value is -2.71. The maximum absolute atomic E-state index is 5.87. The summed E-state index contributed by atoms with van der Waals surface area (Å²) in [5.74, 6) is 5.87. The molecule has 6 bridgehead atoms. The number of aromatic nitrogens is 3. The van der Waals surface area contributed by atoms with Gasteiger partial charge >= 0.3 is 0 Å². The SMILES string of the molecule is CN(N)CCN1Cc2cccc(n2)CN(C)Cc2cccc(n2)-c2cccc(n2)C1. The lowest BCUT2D eigenvalue weighted by Crippen LogP contribution is -2.36. The van der Waals surface area contributed by atoms with Crippen molar-refractivity contribution < 1.29 is 0 Å². The molecule has 1 aliphatic rings.